The lowest BCUT2D eigenvalue weighted by molar-refractivity contribution is 0.515. The van der Waals surface area contributed by atoms with Crippen LogP contribution in [0.25, 0.3) is 0 Å². The largest absolute Gasteiger partial charge is 0.301 e. The van der Waals surface area contributed by atoms with Crippen LogP contribution in [0.15, 0.2) is 46.3 Å². The Morgan fingerprint density at radius 1 is 1.22 bits per heavy atom. The Hall–Kier alpha value is -1.55. The lowest BCUT2D eigenvalue weighted by Gasteiger charge is -2.21. The van der Waals surface area contributed by atoms with Gasteiger partial charge in [-0.3, -0.25) is 4.79 Å². The maximum absolute atomic E-state index is 12.1. The van der Waals surface area contributed by atoms with Crippen LogP contribution in [-0.2, 0) is 0 Å². The molecule has 1 aromatic heterocycles. The number of aromatic amines is 1. The van der Waals surface area contributed by atoms with Gasteiger partial charge in [0.2, 0.25) is 0 Å². The Balaban J connectivity index is 1.85. The van der Waals surface area contributed by atoms with E-state index in [4.69, 9.17) is 4.98 Å². The van der Waals surface area contributed by atoms with E-state index in [1.807, 2.05) is 18.2 Å². The zero-order valence-electron chi connectivity index (χ0n) is 13.6. The van der Waals surface area contributed by atoms with E-state index in [0.717, 1.165) is 17.3 Å². The van der Waals surface area contributed by atoms with Crippen molar-refractivity contribution in [2.75, 3.05) is 0 Å². The van der Waals surface area contributed by atoms with Crippen molar-refractivity contribution in [2.24, 2.45) is 0 Å². The van der Waals surface area contributed by atoms with Crippen molar-refractivity contribution in [3.8, 4) is 0 Å². The van der Waals surface area contributed by atoms with Gasteiger partial charge in [0.1, 0.15) is 0 Å². The minimum Gasteiger partial charge on any atom is -0.301 e. The van der Waals surface area contributed by atoms with Gasteiger partial charge < -0.3 is 4.98 Å². The first-order valence-electron chi connectivity index (χ1n) is 8.59. The summed E-state index contributed by atoms with van der Waals surface area (Å²) in [6, 6.07) is 12.0. The van der Waals surface area contributed by atoms with Crippen LogP contribution in [-0.4, -0.2) is 15.2 Å². The van der Waals surface area contributed by atoms with E-state index in [1.165, 1.54) is 37.7 Å². The number of nitrogens with zero attached hydrogens (tertiary/aromatic N) is 1. The van der Waals surface area contributed by atoms with E-state index in [1.54, 1.807) is 17.8 Å². The molecule has 1 atom stereocenters. The SMILES string of the molecule is CC[C@@H](c1ccccc1)c1cc(=O)[nH]c(SC2CCCCC2)n1. The molecule has 4 heteroatoms. The van der Waals surface area contributed by atoms with Gasteiger partial charge in [-0.05, 0) is 24.8 Å². The van der Waals surface area contributed by atoms with Crippen LogP contribution in [0.5, 0.6) is 0 Å². The normalized spacial score (nSPS) is 17.1. The van der Waals surface area contributed by atoms with Crippen LogP contribution in [0, 0.1) is 0 Å². The number of H-pyrrole nitrogens is 1. The highest BCUT2D eigenvalue weighted by Gasteiger charge is 2.19. The van der Waals surface area contributed by atoms with Crippen molar-refractivity contribution >= 4 is 11.8 Å². The van der Waals surface area contributed by atoms with E-state index < -0.39 is 0 Å². The maximum atomic E-state index is 12.1. The summed E-state index contributed by atoms with van der Waals surface area (Å²) in [5.41, 5.74) is 2.07. The molecule has 3 nitrogen and oxygen atoms in total. The fraction of sp³-hybridized carbons (Fsp3) is 0.474. The highest BCUT2D eigenvalue weighted by atomic mass is 32.2. The first-order valence-corrected chi connectivity index (χ1v) is 9.47. The van der Waals surface area contributed by atoms with Crippen molar-refractivity contribution in [3.63, 3.8) is 0 Å². The summed E-state index contributed by atoms with van der Waals surface area (Å²) < 4.78 is 0. The molecule has 1 saturated carbocycles. The van der Waals surface area contributed by atoms with Gasteiger partial charge in [0.15, 0.2) is 5.16 Å². The summed E-state index contributed by atoms with van der Waals surface area (Å²) in [6.07, 6.45) is 7.33. The van der Waals surface area contributed by atoms with E-state index in [-0.39, 0.29) is 11.5 Å². The highest BCUT2D eigenvalue weighted by Crippen LogP contribution is 2.32. The van der Waals surface area contributed by atoms with Crippen LogP contribution in [0.3, 0.4) is 0 Å². The van der Waals surface area contributed by atoms with Crippen LogP contribution in [0.1, 0.15) is 62.6 Å². The standard InChI is InChI=1S/C19H24N2OS/c1-2-16(14-9-5-3-6-10-14)17-13-18(22)21-19(20-17)23-15-11-7-4-8-12-15/h3,5-6,9-10,13,15-16H,2,4,7-8,11-12H2,1H3,(H,20,21,22)/t16-/m0/s1. The van der Waals surface area contributed by atoms with Gasteiger partial charge in [-0.1, -0.05) is 68.3 Å². The minimum absolute atomic E-state index is 0.0392. The third-order valence-corrected chi connectivity index (χ3v) is 5.76. The molecule has 0 radical (unpaired) electrons. The lowest BCUT2D eigenvalue weighted by atomic mass is 9.93. The fourth-order valence-corrected chi connectivity index (χ4v) is 4.53. The van der Waals surface area contributed by atoms with Crippen LogP contribution < -0.4 is 5.56 Å². The van der Waals surface area contributed by atoms with Crippen molar-refractivity contribution in [1.29, 1.82) is 0 Å². The summed E-state index contributed by atoms with van der Waals surface area (Å²) in [6.45, 7) is 2.15. The number of thioether (sulfide) groups is 1. The molecule has 1 heterocycles. The predicted molar refractivity (Wildman–Crippen MR) is 96.2 cm³/mol. The van der Waals surface area contributed by atoms with Gasteiger partial charge in [0, 0.05) is 17.2 Å². The predicted octanol–water partition coefficient (Wildman–Crippen LogP) is 4.74. The van der Waals surface area contributed by atoms with E-state index in [2.05, 4.69) is 24.0 Å². The molecule has 0 aliphatic heterocycles. The van der Waals surface area contributed by atoms with E-state index in [9.17, 15) is 4.79 Å². The number of nitrogens with one attached hydrogen (secondary N) is 1. The van der Waals surface area contributed by atoms with Gasteiger partial charge in [0.25, 0.3) is 5.56 Å². The van der Waals surface area contributed by atoms with Crippen LogP contribution in [0.4, 0.5) is 0 Å². The Labute approximate surface area is 141 Å². The molecule has 0 spiro atoms. The van der Waals surface area contributed by atoms with Crippen molar-refractivity contribution in [1.82, 2.24) is 9.97 Å². The molecule has 23 heavy (non-hydrogen) atoms. The summed E-state index contributed by atoms with van der Waals surface area (Å²) >= 11 is 1.75. The molecular formula is C19H24N2OS. The highest BCUT2D eigenvalue weighted by molar-refractivity contribution is 7.99. The Morgan fingerprint density at radius 2 is 1.96 bits per heavy atom. The van der Waals surface area contributed by atoms with E-state index >= 15 is 0 Å². The molecule has 0 amide bonds. The maximum Gasteiger partial charge on any atom is 0.251 e. The van der Waals surface area contributed by atoms with Crippen molar-refractivity contribution in [2.45, 2.75) is 61.8 Å². The van der Waals surface area contributed by atoms with Crippen molar-refractivity contribution in [3.05, 3.63) is 58.0 Å². The summed E-state index contributed by atoms with van der Waals surface area (Å²) in [5, 5.41) is 1.38. The molecule has 1 fully saturated rings. The quantitative estimate of drug-likeness (QED) is 0.807. The van der Waals surface area contributed by atoms with Crippen molar-refractivity contribution < 1.29 is 0 Å². The van der Waals surface area contributed by atoms with Gasteiger partial charge in [-0.15, -0.1) is 0 Å². The molecule has 3 rings (SSSR count). The topological polar surface area (TPSA) is 45.8 Å². The summed E-state index contributed by atoms with van der Waals surface area (Å²) in [7, 11) is 0. The average Bonchev–Trinajstić information content (AvgIpc) is 2.57. The molecule has 1 aliphatic rings. The second kappa shape index (κ2) is 7.82. The minimum atomic E-state index is -0.0392. The van der Waals surface area contributed by atoms with Gasteiger partial charge >= 0.3 is 0 Å². The number of hydrogen-bond donors (Lipinski definition) is 1. The molecule has 1 aromatic carbocycles. The second-order valence-electron chi connectivity index (χ2n) is 6.22. The Morgan fingerprint density at radius 3 is 2.65 bits per heavy atom. The number of rotatable bonds is 5. The summed E-state index contributed by atoms with van der Waals surface area (Å²) in [4.78, 5) is 19.8. The molecule has 2 aromatic rings. The Kier molecular flexibility index (Phi) is 5.55. The molecule has 1 N–H and O–H groups in total. The van der Waals surface area contributed by atoms with Gasteiger partial charge in [-0.25, -0.2) is 4.98 Å². The van der Waals surface area contributed by atoms with Crippen LogP contribution in [0.2, 0.25) is 0 Å². The summed E-state index contributed by atoms with van der Waals surface area (Å²) in [5.74, 6) is 0.184. The second-order valence-corrected chi connectivity index (χ2v) is 7.51. The zero-order valence-corrected chi connectivity index (χ0v) is 14.4. The van der Waals surface area contributed by atoms with E-state index in [0.29, 0.717) is 5.25 Å². The molecular weight excluding hydrogens is 304 g/mol. The lowest BCUT2D eigenvalue weighted by Crippen LogP contribution is -2.15. The Bertz CT molecular complexity index is 677. The fourth-order valence-electron chi connectivity index (χ4n) is 3.33. The molecule has 0 bridgehead atoms. The third kappa shape index (κ3) is 4.25. The smallest absolute Gasteiger partial charge is 0.251 e. The number of aromatic nitrogens is 2. The molecule has 1 aliphatic carbocycles. The van der Waals surface area contributed by atoms with Gasteiger partial charge in [-0.2, -0.15) is 0 Å². The molecule has 122 valence electrons. The first-order chi connectivity index (χ1) is 11.3. The number of hydrogen-bond acceptors (Lipinski definition) is 3. The number of benzene rings is 1. The third-order valence-electron chi connectivity index (χ3n) is 4.54. The first kappa shape index (κ1) is 16.3. The average molecular weight is 328 g/mol. The molecule has 0 unspecified atom stereocenters. The zero-order chi connectivity index (χ0) is 16.1. The van der Waals surface area contributed by atoms with Gasteiger partial charge in [0.05, 0.1) is 5.69 Å². The molecule has 0 saturated heterocycles. The monoisotopic (exact) mass is 328 g/mol. The van der Waals surface area contributed by atoms with Crippen LogP contribution >= 0.6 is 11.8 Å².